The normalized spacial score (nSPS) is 10.8. The molecule has 1 amide bonds. The minimum atomic E-state index is -4.23. The van der Waals surface area contributed by atoms with Gasteiger partial charge >= 0.3 is 0 Å². The number of benzene rings is 3. The quantitative estimate of drug-likeness (QED) is 0.517. The number of anilines is 2. The lowest BCUT2D eigenvalue weighted by Crippen LogP contribution is -2.38. The molecule has 1 N–H and O–H groups in total. The van der Waals surface area contributed by atoms with Crippen molar-refractivity contribution in [2.45, 2.75) is 4.90 Å². The summed E-state index contributed by atoms with van der Waals surface area (Å²) in [4.78, 5) is 12.7. The second kappa shape index (κ2) is 9.92. The molecular formula is C22H17Cl2N3O4S. The van der Waals surface area contributed by atoms with E-state index >= 15 is 0 Å². The third-order valence-electron chi connectivity index (χ3n) is 4.40. The predicted molar refractivity (Wildman–Crippen MR) is 124 cm³/mol. The van der Waals surface area contributed by atoms with Gasteiger partial charge in [-0.15, -0.1) is 0 Å². The fourth-order valence-corrected chi connectivity index (χ4v) is 4.72. The summed E-state index contributed by atoms with van der Waals surface area (Å²) in [5.41, 5.74) is 0.885. The third-order valence-corrected chi connectivity index (χ3v) is 6.89. The molecule has 32 heavy (non-hydrogen) atoms. The average molecular weight is 490 g/mol. The molecule has 0 aliphatic carbocycles. The van der Waals surface area contributed by atoms with Crippen molar-refractivity contribution in [2.24, 2.45) is 0 Å². The number of ether oxygens (including phenoxy) is 1. The molecule has 7 nitrogen and oxygen atoms in total. The molecule has 0 unspecified atom stereocenters. The van der Waals surface area contributed by atoms with Gasteiger partial charge in [0.05, 0.1) is 39.4 Å². The summed E-state index contributed by atoms with van der Waals surface area (Å²) in [5.74, 6) is -0.356. The summed E-state index contributed by atoms with van der Waals surface area (Å²) in [6, 6.07) is 18.6. The van der Waals surface area contributed by atoms with Crippen molar-refractivity contribution < 1.29 is 17.9 Å². The minimum Gasteiger partial charge on any atom is -0.495 e. The Kier molecular flexibility index (Phi) is 7.26. The second-order valence-electron chi connectivity index (χ2n) is 6.50. The second-order valence-corrected chi connectivity index (χ2v) is 9.18. The van der Waals surface area contributed by atoms with E-state index in [1.165, 1.54) is 37.4 Å². The van der Waals surface area contributed by atoms with E-state index in [-0.39, 0.29) is 26.4 Å². The zero-order valence-corrected chi connectivity index (χ0v) is 19.1. The van der Waals surface area contributed by atoms with Crippen LogP contribution in [-0.4, -0.2) is 28.0 Å². The van der Waals surface area contributed by atoms with Gasteiger partial charge in [-0.1, -0.05) is 41.4 Å². The number of hydrogen-bond donors (Lipinski definition) is 1. The first kappa shape index (κ1) is 23.4. The van der Waals surface area contributed by atoms with Gasteiger partial charge in [-0.2, -0.15) is 5.26 Å². The van der Waals surface area contributed by atoms with Crippen LogP contribution in [0.5, 0.6) is 5.75 Å². The molecule has 0 aliphatic rings. The zero-order valence-electron chi connectivity index (χ0n) is 16.7. The Morgan fingerprint density at radius 2 is 1.81 bits per heavy atom. The first-order valence-corrected chi connectivity index (χ1v) is 11.4. The molecule has 0 aromatic heterocycles. The van der Waals surface area contributed by atoms with E-state index in [1.54, 1.807) is 36.4 Å². The highest BCUT2D eigenvalue weighted by Crippen LogP contribution is 2.34. The first-order chi connectivity index (χ1) is 15.3. The highest BCUT2D eigenvalue weighted by atomic mass is 35.5. The lowest BCUT2D eigenvalue weighted by atomic mass is 10.2. The number of rotatable bonds is 7. The molecule has 0 saturated heterocycles. The Morgan fingerprint density at radius 3 is 2.50 bits per heavy atom. The highest BCUT2D eigenvalue weighted by Gasteiger charge is 2.30. The summed E-state index contributed by atoms with van der Waals surface area (Å²) in [6.07, 6.45) is 0. The Morgan fingerprint density at radius 1 is 1.06 bits per heavy atom. The van der Waals surface area contributed by atoms with Gasteiger partial charge in [0.1, 0.15) is 12.3 Å². The molecule has 0 heterocycles. The summed E-state index contributed by atoms with van der Waals surface area (Å²) in [5, 5.41) is 11.9. The smallest absolute Gasteiger partial charge is 0.264 e. The summed E-state index contributed by atoms with van der Waals surface area (Å²) >= 11 is 12.0. The lowest BCUT2D eigenvalue weighted by Gasteiger charge is -2.25. The van der Waals surface area contributed by atoms with Crippen molar-refractivity contribution in [2.75, 3.05) is 23.3 Å². The van der Waals surface area contributed by atoms with Crippen LogP contribution in [0.1, 0.15) is 5.56 Å². The number of hydrogen-bond acceptors (Lipinski definition) is 5. The minimum absolute atomic E-state index is 0.0606. The lowest BCUT2D eigenvalue weighted by molar-refractivity contribution is -0.114. The number of methoxy groups -OCH3 is 1. The number of carbonyl (C=O) groups excluding carboxylic acids is 1. The van der Waals surface area contributed by atoms with E-state index in [4.69, 9.17) is 33.2 Å². The van der Waals surface area contributed by atoms with Gasteiger partial charge in [0.25, 0.3) is 10.0 Å². The molecule has 0 atom stereocenters. The number of para-hydroxylation sites is 2. The molecular weight excluding hydrogens is 473 g/mol. The number of amides is 1. The number of carbonyl (C=O) groups is 1. The van der Waals surface area contributed by atoms with Crippen LogP contribution < -0.4 is 14.4 Å². The SMILES string of the molecule is COc1ccccc1N(CC(=O)Nc1cccc(C#N)c1)S(=O)(=O)c1ccc(Cl)c(Cl)c1. The Balaban J connectivity index is 2.02. The van der Waals surface area contributed by atoms with Gasteiger partial charge in [-0.25, -0.2) is 8.42 Å². The van der Waals surface area contributed by atoms with E-state index in [9.17, 15) is 13.2 Å². The van der Waals surface area contributed by atoms with Crippen LogP contribution in [0.3, 0.4) is 0 Å². The molecule has 0 fully saturated rings. The van der Waals surface area contributed by atoms with Crippen molar-refractivity contribution >= 4 is 50.5 Å². The van der Waals surface area contributed by atoms with Crippen LogP contribution in [0.25, 0.3) is 0 Å². The van der Waals surface area contributed by atoms with Crippen LogP contribution >= 0.6 is 23.2 Å². The van der Waals surface area contributed by atoms with Gasteiger partial charge < -0.3 is 10.1 Å². The van der Waals surface area contributed by atoms with Crippen molar-refractivity contribution in [3.8, 4) is 11.8 Å². The molecule has 0 spiro atoms. The van der Waals surface area contributed by atoms with E-state index in [0.717, 1.165) is 4.31 Å². The van der Waals surface area contributed by atoms with Crippen molar-refractivity contribution in [1.82, 2.24) is 0 Å². The molecule has 0 radical (unpaired) electrons. The van der Waals surface area contributed by atoms with E-state index in [0.29, 0.717) is 11.3 Å². The maximum absolute atomic E-state index is 13.5. The van der Waals surface area contributed by atoms with Gasteiger partial charge in [0, 0.05) is 5.69 Å². The van der Waals surface area contributed by atoms with Gasteiger partial charge in [-0.3, -0.25) is 9.10 Å². The summed E-state index contributed by atoms with van der Waals surface area (Å²) in [7, 11) is -2.83. The molecule has 3 rings (SSSR count). The molecule has 10 heteroatoms. The fraction of sp³-hybridized carbons (Fsp3) is 0.0909. The molecule has 0 bridgehead atoms. The van der Waals surface area contributed by atoms with Gasteiger partial charge in [0.2, 0.25) is 5.91 Å². The van der Waals surface area contributed by atoms with Crippen LogP contribution in [0.4, 0.5) is 11.4 Å². The number of sulfonamides is 1. The first-order valence-electron chi connectivity index (χ1n) is 9.17. The van der Waals surface area contributed by atoms with Crippen LogP contribution in [0.15, 0.2) is 71.6 Å². The van der Waals surface area contributed by atoms with E-state index in [1.807, 2.05) is 6.07 Å². The van der Waals surface area contributed by atoms with Crippen molar-refractivity contribution in [1.29, 1.82) is 5.26 Å². The topological polar surface area (TPSA) is 99.5 Å². The number of halogens is 2. The fourth-order valence-electron chi connectivity index (χ4n) is 2.90. The molecule has 3 aromatic rings. The Labute approximate surface area is 195 Å². The summed E-state index contributed by atoms with van der Waals surface area (Å²) < 4.78 is 33.2. The molecule has 0 saturated carbocycles. The third kappa shape index (κ3) is 5.14. The average Bonchev–Trinajstić information content (AvgIpc) is 2.79. The maximum atomic E-state index is 13.5. The van der Waals surface area contributed by atoms with E-state index < -0.39 is 22.5 Å². The number of nitrogens with zero attached hydrogens (tertiary/aromatic N) is 2. The highest BCUT2D eigenvalue weighted by molar-refractivity contribution is 7.92. The van der Waals surface area contributed by atoms with Crippen LogP contribution in [0, 0.1) is 11.3 Å². The van der Waals surface area contributed by atoms with Crippen molar-refractivity contribution in [3.05, 3.63) is 82.3 Å². The molecule has 3 aromatic carbocycles. The van der Waals surface area contributed by atoms with Gasteiger partial charge in [-0.05, 0) is 48.5 Å². The molecule has 164 valence electrons. The predicted octanol–water partition coefficient (Wildman–Crippen LogP) is 4.71. The molecule has 0 aliphatic heterocycles. The van der Waals surface area contributed by atoms with E-state index in [2.05, 4.69) is 5.32 Å². The summed E-state index contributed by atoms with van der Waals surface area (Å²) in [6.45, 7) is -0.556. The zero-order chi connectivity index (χ0) is 23.3. The Hall–Kier alpha value is -3.25. The number of nitriles is 1. The Bertz CT molecular complexity index is 1310. The van der Waals surface area contributed by atoms with Crippen LogP contribution in [0.2, 0.25) is 10.0 Å². The number of nitrogens with one attached hydrogen (secondary N) is 1. The van der Waals surface area contributed by atoms with Crippen molar-refractivity contribution in [3.63, 3.8) is 0 Å². The largest absolute Gasteiger partial charge is 0.495 e. The van der Waals surface area contributed by atoms with Gasteiger partial charge in [0.15, 0.2) is 0 Å². The van der Waals surface area contributed by atoms with Crippen LogP contribution in [-0.2, 0) is 14.8 Å². The monoisotopic (exact) mass is 489 g/mol. The maximum Gasteiger partial charge on any atom is 0.264 e. The standard InChI is InChI=1S/C22H17Cl2N3O4S/c1-31-21-8-3-2-7-20(21)27(32(29,30)17-9-10-18(23)19(24)12-17)14-22(28)26-16-6-4-5-15(11-16)13-25/h2-12H,14H2,1H3,(H,26,28).